The van der Waals surface area contributed by atoms with Crippen LogP contribution < -0.4 is 20.5 Å². The molecule has 3 aromatic carbocycles. The highest BCUT2D eigenvalue weighted by atomic mass is 31.2. The molecule has 0 bridgehead atoms. The number of carboxylic acids is 1. The van der Waals surface area contributed by atoms with Gasteiger partial charge in [0.05, 0.1) is 33.4 Å². The number of hydrogen-bond acceptors (Lipinski definition) is 11. The molecule has 1 aromatic heterocycles. The summed E-state index contributed by atoms with van der Waals surface area (Å²) in [6, 6.07) is 25.5. The van der Waals surface area contributed by atoms with E-state index < -0.39 is 61.9 Å². The van der Waals surface area contributed by atoms with Gasteiger partial charge >= 0.3 is 25.4 Å². The van der Waals surface area contributed by atoms with Gasteiger partial charge in [0.25, 0.3) is 0 Å². The van der Waals surface area contributed by atoms with Crippen molar-refractivity contribution in [3.05, 3.63) is 118 Å². The molecule has 3 heterocycles. The third kappa shape index (κ3) is 7.12. The van der Waals surface area contributed by atoms with Crippen molar-refractivity contribution in [2.45, 2.75) is 43.2 Å². The lowest BCUT2D eigenvalue weighted by atomic mass is 9.77. The summed E-state index contributed by atoms with van der Waals surface area (Å²) in [4.78, 5) is 28.8. The number of ether oxygens (including phenoxy) is 3. The molecule has 0 aliphatic carbocycles. The van der Waals surface area contributed by atoms with E-state index in [1.165, 1.54) is 13.0 Å². The molecule has 270 valence electrons. The Hall–Kier alpha value is -4.66. The lowest BCUT2D eigenvalue weighted by Crippen LogP contribution is -2.45. The number of anilines is 1. The number of nitrogens with one attached hydrogen (secondary N) is 1. The first-order valence-corrected chi connectivity index (χ1v) is 17.4. The van der Waals surface area contributed by atoms with Crippen molar-refractivity contribution in [1.29, 1.82) is 0 Å². The second-order valence-electron chi connectivity index (χ2n) is 12.0. The summed E-state index contributed by atoms with van der Waals surface area (Å²) in [5.41, 5.74) is 0.0752. The number of fused-ring (bicyclic) bond motifs is 1. The standard InChI is InChI=1S/C35H36F2N3O10P/c1-22(31(41)42)18-20-47-51(44)48-21-28-30(50-51)35(36,37)32(49-28)40-19-17-29(38-33(40)43)39-34(23-7-5-4-6-8-23,24-9-13-26(45-2)14-10-24)25-11-15-27(46-3)16-12-25/h4-17,19,22,28,30,32H,18,20-21H2,1-3H3,(H,41,42)(H,38,39,43)/t22-,28-,30-,32-,51?/m1/s1. The maximum Gasteiger partial charge on any atom is 0.475 e. The average molecular weight is 728 g/mol. The van der Waals surface area contributed by atoms with Crippen molar-refractivity contribution in [2.75, 3.05) is 32.8 Å². The van der Waals surface area contributed by atoms with Crippen molar-refractivity contribution in [2.24, 2.45) is 5.92 Å². The van der Waals surface area contributed by atoms with Crippen LogP contribution in [-0.2, 0) is 33.2 Å². The zero-order valence-corrected chi connectivity index (χ0v) is 28.7. The van der Waals surface area contributed by atoms with E-state index in [4.69, 9.17) is 32.9 Å². The smallest absolute Gasteiger partial charge is 0.475 e. The molecular weight excluding hydrogens is 691 g/mol. The summed E-state index contributed by atoms with van der Waals surface area (Å²) in [6.45, 7) is 0.469. The highest BCUT2D eigenvalue weighted by Gasteiger charge is 2.65. The summed E-state index contributed by atoms with van der Waals surface area (Å²) in [6.07, 6.45) is -4.57. The van der Waals surface area contributed by atoms with Crippen LogP contribution in [0.3, 0.4) is 0 Å². The maximum atomic E-state index is 15.9. The van der Waals surface area contributed by atoms with Gasteiger partial charge in [0, 0.05) is 6.20 Å². The summed E-state index contributed by atoms with van der Waals surface area (Å²) in [7, 11) is -1.37. The molecule has 5 atom stereocenters. The normalized spacial score (nSPS) is 23.2. The maximum absolute atomic E-state index is 15.9. The van der Waals surface area contributed by atoms with E-state index in [1.54, 1.807) is 38.5 Å². The Balaban J connectivity index is 1.32. The minimum Gasteiger partial charge on any atom is -0.497 e. The van der Waals surface area contributed by atoms with Crippen LogP contribution in [0, 0.1) is 5.92 Å². The fourth-order valence-electron chi connectivity index (χ4n) is 6.04. The minimum atomic E-state index is -4.49. The monoisotopic (exact) mass is 727 g/mol. The van der Waals surface area contributed by atoms with Gasteiger partial charge < -0.3 is 24.6 Å². The molecule has 2 saturated heterocycles. The van der Waals surface area contributed by atoms with Crippen LogP contribution >= 0.6 is 7.82 Å². The molecule has 4 aromatic rings. The second-order valence-corrected chi connectivity index (χ2v) is 13.7. The Morgan fingerprint density at radius 1 is 1.02 bits per heavy atom. The van der Waals surface area contributed by atoms with Crippen LogP contribution in [-0.4, -0.2) is 66.2 Å². The molecule has 2 aliphatic heterocycles. The molecule has 1 unspecified atom stereocenters. The molecule has 2 aliphatic rings. The summed E-state index contributed by atoms with van der Waals surface area (Å²) in [5.74, 6) is -4.50. The molecule has 0 amide bonds. The van der Waals surface area contributed by atoms with Gasteiger partial charge in [0.1, 0.15) is 29.0 Å². The van der Waals surface area contributed by atoms with Gasteiger partial charge in [-0.2, -0.15) is 13.8 Å². The highest BCUT2D eigenvalue weighted by molar-refractivity contribution is 7.48. The molecule has 13 nitrogen and oxygen atoms in total. The van der Waals surface area contributed by atoms with Gasteiger partial charge in [-0.15, -0.1) is 0 Å². The number of carbonyl (C=O) groups is 1. The van der Waals surface area contributed by atoms with E-state index in [0.29, 0.717) is 16.1 Å². The average Bonchev–Trinajstić information content (AvgIpc) is 3.39. The van der Waals surface area contributed by atoms with Gasteiger partial charge in [0.2, 0.25) is 6.23 Å². The van der Waals surface area contributed by atoms with Gasteiger partial charge in [0.15, 0.2) is 6.10 Å². The van der Waals surface area contributed by atoms with Crippen molar-refractivity contribution in [1.82, 2.24) is 9.55 Å². The van der Waals surface area contributed by atoms with E-state index in [2.05, 4.69) is 10.3 Å². The number of rotatable bonds is 13. The second kappa shape index (κ2) is 14.5. The molecule has 0 saturated carbocycles. The molecule has 6 rings (SSSR count). The third-order valence-corrected chi connectivity index (χ3v) is 10.3. The number of carboxylic acid groups (broad SMARTS) is 1. The third-order valence-electron chi connectivity index (χ3n) is 8.86. The summed E-state index contributed by atoms with van der Waals surface area (Å²) < 4.78 is 77.1. The Labute approximate surface area is 291 Å². The number of phosphoric ester groups is 1. The topological polar surface area (TPSA) is 157 Å². The van der Waals surface area contributed by atoms with Gasteiger partial charge in [-0.3, -0.25) is 22.9 Å². The number of nitrogens with zero attached hydrogens (tertiary/aromatic N) is 2. The fourth-order valence-corrected chi connectivity index (χ4v) is 7.45. The van der Waals surface area contributed by atoms with E-state index in [0.717, 1.165) is 22.9 Å². The van der Waals surface area contributed by atoms with Crippen LogP contribution in [0.5, 0.6) is 11.5 Å². The minimum absolute atomic E-state index is 0.0560. The molecular formula is C35H36F2N3O10P. The van der Waals surface area contributed by atoms with Crippen LogP contribution in [0.25, 0.3) is 0 Å². The summed E-state index contributed by atoms with van der Waals surface area (Å²) in [5, 5.41) is 12.5. The van der Waals surface area contributed by atoms with E-state index in [1.807, 2.05) is 54.6 Å². The number of phosphoric acid groups is 1. The first-order valence-electron chi connectivity index (χ1n) is 16.0. The number of hydrogen-bond donors (Lipinski definition) is 2. The van der Waals surface area contributed by atoms with Crippen molar-refractivity contribution in [3.63, 3.8) is 0 Å². The Morgan fingerprint density at radius 3 is 2.16 bits per heavy atom. The first-order chi connectivity index (χ1) is 24.4. The number of methoxy groups -OCH3 is 2. The van der Waals surface area contributed by atoms with Crippen molar-refractivity contribution < 1.29 is 51.0 Å². The molecule has 0 radical (unpaired) electrons. The van der Waals surface area contributed by atoms with Crippen molar-refractivity contribution >= 4 is 19.6 Å². The van der Waals surface area contributed by atoms with Crippen LogP contribution in [0.4, 0.5) is 14.6 Å². The lowest BCUT2D eigenvalue weighted by Gasteiger charge is -2.37. The predicted octanol–water partition coefficient (Wildman–Crippen LogP) is 5.85. The molecule has 16 heteroatoms. The van der Waals surface area contributed by atoms with Gasteiger partial charge in [-0.1, -0.05) is 61.5 Å². The Kier molecular flexibility index (Phi) is 10.3. The number of aliphatic carboxylic acids is 1. The molecule has 2 fully saturated rings. The van der Waals surface area contributed by atoms with E-state index in [9.17, 15) is 14.2 Å². The van der Waals surface area contributed by atoms with Crippen molar-refractivity contribution in [3.8, 4) is 11.5 Å². The number of halogens is 2. The number of benzene rings is 3. The number of alkyl halides is 2. The predicted molar refractivity (Wildman–Crippen MR) is 179 cm³/mol. The van der Waals surface area contributed by atoms with Crippen LogP contribution in [0.1, 0.15) is 36.3 Å². The zero-order chi connectivity index (χ0) is 36.4. The summed E-state index contributed by atoms with van der Waals surface area (Å²) >= 11 is 0. The van der Waals surface area contributed by atoms with Crippen LogP contribution in [0.15, 0.2) is 95.9 Å². The van der Waals surface area contributed by atoms with Crippen LogP contribution in [0.2, 0.25) is 0 Å². The Bertz CT molecular complexity index is 1900. The van der Waals surface area contributed by atoms with E-state index >= 15 is 8.78 Å². The largest absolute Gasteiger partial charge is 0.497 e. The van der Waals surface area contributed by atoms with Gasteiger partial charge in [-0.05, 0) is 53.4 Å². The van der Waals surface area contributed by atoms with Gasteiger partial charge in [-0.25, -0.2) is 9.36 Å². The number of aromatic nitrogens is 2. The molecule has 51 heavy (non-hydrogen) atoms. The van der Waals surface area contributed by atoms with E-state index in [-0.39, 0.29) is 18.8 Å². The highest BCUT2D eigenvalue weighted by Crippen LogP contribution is 2.60. The quantitative estimate of drug-likeness (QED) is 0.125. The zero-order valence-electron chi connectivity index (χ0n) is 27.8. The Morgan fingerprint density at radius 2 is 1.61 bits per heavy atom. The first kappa shape index (κ1) is 36.1. The lowest BCUT2D eigenvalue weighted by molar-refractivity contribution is -0.142. The molecule has 0 spiro atoms. The molecule has 2 N–H and O–H groups in total. The fraction of sp³-hybridized carbons (Fsp3) is 0.343. The SMILES string of the molecule is COc1ccc(C(Nc2ccn([C@@H]3O[C@@H]4COP(=O)(OCC[C@@H](C)C(=O)O)O[C@H]4C3(F)F)c(=O)n2)(c2ccccc2)c2ccc(OC)cc2)cc1.